The Balaban J connectivity index is 1.32. The van der Waals surface area contributed by atoms with Crippen LogP contribution in [0.2, 0.25) is 0 Å². The highest BCUT2D eigenvalue weighted by Gasteiger charge is 2.28. The summed E-state index contributed by atoms with van der Waals surface area (Å²) in [6.45, 7) is 3.84. The Kier molecular flexibility index (Phi) is 6.12. The SMILES string of the molecule is COc1ccc2ncnc(Nc3ccc(Oc4cc5ncnn5cn4)c(C)c3)c2c1N1CCC(N(C)C)C1. The summed E-state index contributed by atoms with van der Waals surface area (Å²) in [5, 5.41) is 8.52. The van der Waals surface area contributed by atoms with E-state index in [1.54, 1.807) is 30.3 Å². The number of likely N-dealkylation sites (N-methyl/N-ethyl adjacent to an activating group) is 1. The third-order valence-corrected chi connectivity index (χ3v) is 6.97. The molecule has 1 N–H and O–H groups in total. The van der Waals surface area contributed by atoms with Crippen molar-refractivity contribution in [2.75, 3.05) is 44.5 Å². The molecule has 0 saturated carbocycles. The first-order chi connectivity index (χ1) is 18.5. The Bertz CT molecular complexity index is 1620. The molecule has 11 heteroatoms. The summed E-state index contributed by atoms with van der Waals surface area (Å²) in [6, 6.07) is 12.1. The fourth-order valence-corrected chi connectivity index (χ4v) is 4.91. The number of rotatable bonds is 7. The van der Waals surface area contributed by atoms with Crippen LogP contribution in [0.3, 0.4) is 0 Å². The molecule has 194 valence electrons. The summed E-state index contributed by atoms with van der Waals surface area (Å²) in [4.78, 5) is 22.3. The molecule has 1 unspecified atom stereocenters. The molecule has 1 aliphatic heterocycles. The van der Waals surface area contributed by atoms with E-state index in [1.807, 2.05) is 37.3 Å². The second-order valence-corrected chi connectivity index (χ2v) is 9.58. The normalized spacial score (nSPS) is 15.5. The van der Waals surface area contributed by atoms with Gasteiger partial charge in [-0.05, 0) is 63.3 Å². The monoisotopic (exact) mass is 511 g/mol. The van der Waals surface area contributed by atoms with Crippen molar-refractivity contribution in [1.29, 1.82) is 0 Å². The van der Waals surface area contributed by atoms with E-state index in [0.29, 0.717) is 23.3 Å². The zero-order valence-electron chi connectivity index (χ0n) is 21.8. The van der Waals surface area contributed by atoms with Crippen molar-refractivity contribution >= 4 is 33.7 Å². The van der Waals surface area contributed by atoms with E-state index in [1.165, 1.54) is 6.33 Å². The highest BCUT2D eigenvalue weighted by molar-refractivity contribution is 6.03. The van der Waals surface area contributed by atoms with Crippen LogP contribution in [0, 0.1) is 6.92 Å². The van der Waals surface area contributed by atoms with Crippen LogP contribution in [-0.4, -0.2) is 74.8 Å². The van der Waals surface area contributed by atoms with Gasteiger partial charge in [-0.25, -0.2) is 24.5 Å². The van der Waals surface area contributed by atoms with Crippen molar-refractivity contribution in [2.45, 2.75) is 19.4 Å². The summed E-state index contributed by atoms with van der Waals surface area (Å²) in [7, 11) is 5.96. The highest BCUT2D eigenvalue weighted by Crippen LogP contribution is 2.41. The van der Waals surface area contributed by atoms with Gasteiger partial charge in [0.1, 0.15) is 36.3 Å². The number of hydrogen-bond donors (Lipinski definition) is 1. The number of fused-ring (bicyclic) bond motifs is 2. The van der Waals surface area contributed by atoms with Crippen molar-refractivity contribution in [3.8, 4) is 17.4 Å². The fourth-order valence-electron chi connectivity index (χ4n) is 4.91. The molecule has 0 radical (unpaired) electrons. The first-order valence-corrected chi connectivity index (χ1v) is 12.4. The van der Waals surface area contributed by atoms with Crippen LogP contribution in [0.4, 0.5) is 17.2 Å². The molecule has 5 aromatic rings. The third kappa shape index (κ3) is 4.41. The summed E-state index contributed by atoms with van der Waals surface area (Å²) in [6.07, 6.45) is 5.73. The molecule has 1 atom stereocenters. The van der Waals surface area contributed by atoms with Gasteiger partial charge in [0, 0.05) is 30.9 Å². The number of aromatic nitrogens is 6. The smallest absolute Gasteiger partial charge is 0.224 e. The molecule has 38 heavy (non-hydrogen) atoms. The zero-order chi connectivity index (χ0) is 26.2. The predicted octanol–water partition coefficient (Wildman–Crippen LogP) is 4.06. The topological polar surface area (TPSA) is 106 Å². The van der Waals surface area contributed by atoms with Crippen LogP contribution in [0.15, 0.2) is 55.4 Å². The highest BCUT2D eigenvalue weighted by atomic mass is 16.5. The maximum atomic E-state index is 6.04. The molecule has 0 aliphatic carbocycles. The first kappa shape index (κ1) is 23.9. The second kappa shape index (κ2) is 9.75. The molecule has 0 amide bonds. The Labute approximate surface area is 220 Å². The fraction of sp³-hybridized carbons (Fsp3) is 0.296. The molecule has 0 spiro atoms. The van der Waals surface area contributed by atoms with Gasteiger partial charge in [0.15, 0.2) is 5.65 Å². The van der Waals surface area contributed by atoms with E-state index in [-0.39, 0.29) is 0 Å². The quantitative estimate of drug-likeness (QED) is 0.344. The van der Waals surface area contributed by atoms with E-state index >= 15 is 0 Å². The van der Waals surface area contributed by atoms with Crippen molar-refractivity contribution in [3.63, 3.8) is 0 Å². The number of methoxy groups -OCH3 is 1. The van der Waals surface area contributed by atoms with Gasteiger partial charge in [0.2, 0.25) is 5.88 Å². The van der Waals surface area contributed by atoms with E-state index in [4.69, 9.17) is 9.47 Å². The molecule has 1 aliphatic rings. The van der Waals surface area contributed by atoms with Gasteiger partial charge in [-0.15, -0.1) is 0 Å². The Morgan fingerprint density at radius 2 is 1.87 bits per heavy atom. The van der Waals surface area contributed by atoms with Crippen LogP contribution in [-0.2, 0) is 0 Å². The van der Waals surface area contributed by atoms with Crippen LogP contribution in [0.25, 0.3) is 16.6 Å². The minimum Gasteiger partial charge on any atom is -0.495 e. The van der Waals surface area contributed by atoms with Gasteiger partial charge in [-0.1, -0.05) is 0 Å². The molecule has 0 bridgehead atoms. The number of nitrogens with one attached hydrogen (secondary N) is 1. The van der Waals surface area contributed by atoms with Crippen molar-refractivity contribution in [1.82, 2.24) is 34.4 Å². The number of nitrogens with zero attached hydrogens (tertiary/aromatic N) is 8. The molecular formula is C27H29N9O2. The summed E-state index contributed by atoms with van der Waals surface area (Å²) >= 11 is 0. The number of hydrogen-bond acceptors (Lipinski definition) is 10. The summed E-state index contributed by atoms with van der Waals surface area (Å²) in [5.41, 5.74) is 4.38. The Morgan fingerprint density at radius 3 is 2.66 bits per heavy atom. The van der Waals surface area contributed by atoms with Gasteiger partial charge in [-0.2, -0.15) is 5.10 Å². The van der Waals surface area contributed by atoms with Gasteiger partial charge in [0.25, 0.3) is 0 Å². The lowest BCUT2D eigenvalue weighted by Crippen LogP contribution is -2.31. The number of anilines is 3. The molecule has 2 aromatic carbocycles. The predicted molar refractivity (Wildman–Crippen MR) is 146 cm³/mol. The van der Waals surface area contributed by atoms with Crippen LogP contribution >= 0.6 is 0 Å². The minimum atomic E-state index is 0.453. The van der Waals surface area contributed by atoms with Crippen molar-refractivity contribution in [3.05, 3.63) is 60.9 Å². The molecular weight excluding hydrogens is 482 g/mol. The summed E-state index contributed by atoms with van der Waals surface area (Å²) < 4.78 is 13.4. The van der Waals surface area contributed by atoms with Crippen LogP contribution < -0.4 is 19.7 Å². The average molecular weight is 512 g/mol. The zero-order valence-corrected chi connectivity index (χ0v) is 21.8. The Morgan fingerprint density at radius 1 is 1.00 bits per heavy atom. The Hall–Kier alpha value is -4.51. The number of aryl methyl sites for hydroxylation is 1. The van der Waals surface area contributed by atoms with E-state index in [2.05, 4.69) is 54.2 Å². The number of ether oxygens (including phenoxy) is 2. The molecule has 11 nitrogen and oxygen atoms in total. The van der Waals surface area contributed by atoms with E-state index in [9.17, 15) is 0 Å². The molecule has 4 heterocycles. The maximum Gasteiger partial charge on any atom is 0.224 e. The van der Waals surface area contributed by atoms with Gasteiger partial charge in [-0.3, -0.25) is 0 Å². The third-order valence-electron chi connectivity index (χ3n) is 6.97. The van der Waals surface area contributed by atoms with Crippen LogP contribution in [0.5, 0.6) is 17.4 Å². The summed E-state index contributed by atoms with van der Waals surface area (Å²) in [5.74, 6) is 2.69. The van der Waals surface area contributed by atoms with Crippen molar-refractivity contribution < 1.29 is 9.47 Å². The molecule has 3 aromatic heterocycles. The molecule has 1 saturated heterocycles. The largest absolute Gasteiger partial charge is 0.495 e. The standard InChI is InChI=1S/C27H29N9O2/c1-17-11-18(5-7-21(17)38-24-12-23-29-15-32-36(23)16-31-24)33-27-25-20(28-14-30-27)6-8-22(37-4)26(25)35-10-9-19(13-35)34(2)3/h5-8,11-12,14-16,19H,9-10,13H2,1-4H3,(H,28,30,33). The number of benzene rings is 2. The maximum absolute atomic E-state index is 6.04. The van der Waals surface area contributed by atoms with Gasteiger partial charge < -0.3 is 24.6 Å². The van der Waals surface area contributed by atoms with E-state index in [0.717, 1.165) is 58.9 Å². The van der Waals surface area contributed by atoms with Crippen molar-refractivity contribution in [2.24, 2.45) is 0 Å². The molecule has 1 fully saturated rings. The first-order valence-electron chi connectivity index (χ1n) is 12.4. The average Bonchev–Trinajstić information content (AvgIpc) is 3.59. The minimum absolute atomic E-state index is 0.453. The van der Waals surface area contributed by atoms with Gasteiger partial charge >= 0.3 is 0 Å². The second-order valence-electron chi connectivity index (χ2n) is 9.58. The lowest BCUT2D eigenvalue weighted by Gasteiger charge is -2.25. The lowest BCUT2D eigenvalue weighted by atomic mass is 10.1. The van der Waals surface area contributed by atoms with Gasteiger partial charge in [0.05, 0.1) is 23.7 Å². The van der Waals surface area contributed by atoms with Crippen LogP contribution in [0.1, 0.15) is 12.0 Å². The molecule has 6 rings (SSSR count). The van der Waals surface area contributed by atoms with E-state index < -0.39 is 0 Å². The lowest BCUT2D eigenvalue weighted by molar-refractivity contribution is 0.315.